The number of carbonyl (C=O) groups is 12. The minimum absolute atomic E-state index is 0.153. The molecule has 3 saturated heterocycles. The number of fused-ring (bicyclic) bond motifs is 2. The smallest absolute Gasteiger partial charge is 0.303 e. The van der Waals surface area contributed by atoms with Crippen molar-refractivity contribution in [1.82, 2.24) is 47.0 Å². The monoisotopic (exact) mass is 982 g/mol. The zero-order chi connectivity index (χ0) is 51.9. The van der Waals surface area contributed by atoms with E-state index >= 15 is 0 Å². The van der Waals surface area contributed by atoms with Crippen LogP contribution in [0.1, 0.15) is 97.8 Å². The van der Waals surface area contributed by atoms with Crippen molar-refractivity contribution < 1.29 is 78.0 Å². The number of aliphatic hydroxyl groups is 3. The van der Waals surface area contributed by atoms with E-state index in [1.807, 2.05) is 0 Å². The minimum atomic E-state index is -1.88. The highest BCUT2D eigenvalue weighted by Gasteiger charge is 2.47. The molecule has 28 nitrogen and oxygen atoms in total. The fourth-order valence-corrected chi connectivity index (χ4v) is 8.06. The third kappa shape index (κ3) is 16.3. The Hall–Kier alpha value is -6.52. The number of primary amides is 2. The fraction of sp³-hybridized carbons (Fsp3) is 0.707. The SMILES string of the molecule is CC(C)[C@@H]1NC(=O)[C@@H]2CCC(O)N2C(=O)[C@H]([C@@H](C)O)NC(=O)[C@H](CCCCN)NC(=O)[C@H](CCC(=O)O)NC(=O)[C@@H](CCC(N)=O)NC(=O)CNC(=O)[C@@H]2CCC(O)N2C(=O)[C@@H](CC(N)=O)NC1=O. The van der Waals surface area contributed by atoms with Gasteiger partial charge in [-0.2, -0.15) is 0 Å². The molecule has 386 valence electrons. The summed E-state index contributed by atoms with van der Waals surface area (Å²) in [7, 11) is 0. The first-order chi connectivity index (χ1) is 32.4. The highest BCUT2D eigenvalue weighted by Crippen LogP contribution is 2.26. The number of rotatable bonds is 14. The second-order valence-electron chi connectivity index (χ2n) is 17.5. The molecule has 28 heteroatoms. The summed E-state index contributed by atoms with van der Waals surface area (Å²) >= 11 is 0. The Morgan fingerprint density at radius 1 is 0.594 bits per heavy atom. The van der Waals surface area contributed by atoms with Gasteiger partial charge in [-0.15, -0.1) is 0 Å². The molecular formula is C41H66N12O16. The van der Waals surface area contributed by atoms with E-state index in [9.17, 15) is 78.0 Å². The van der Waals surface area contributed by atoms with E-state index in [2.05, 4.69) is 37.2 Å². The van der Waals surface area contributed by atoms with Crippen LogP contribution in [0.15, 0.2) is 0 Å². The van der Waals surface area contributed by atoms with Gasteiger partial charge in [0.15, 0.2) is 0 Å². The van der Waals surface area contributed by atoms with Gasteiger partial charge in [-0.1, -0.05) is 13.8 Å². The fourth-order valence-electron chi connectivity index (χ4n) is 8.06. The molecule has 17 N–H and O–H groups in total. The van der Waals surface area contributed by atoms with Crippen LogP contribution in [-0.4, -0.2) is 181 Å². The van der Waals surface area contributed by atoms with Gasteiger partial charge >= 0.3 is 5.97 Å². The molecule has 3 aliphatic heterocycles. The molecule has 3 heterocycles. The van der Waals surface area contributed by atoms with E-state index in [1.165, 1.54) is 13.8 Å². The molecule has 3 rings (SSSR count). The molecule has 0 aromatic rings. The summed E-state index contributed by atoms with van der Waals surface area (Å²) in [5.41, 5.74) is 16.4. The number of hydrogen-bond donors (Lipinski definition) is 14. The lowest BCUT2D eigenvalue weighted by molar-refractivity contribution is -0.153. The Morgan fingerprint density at radius 2 is 1.09 bits per heavy atom. The lowest BCUT2D eigenvalue weighted by Gasteiger charge is -2.34. The van der Waals surface area contributed by atoms with Crippen LogP contribution in [0.5, 0.6) is 0 Å². The van der Waals surface area contributed by atoms with Crippen LogP contribution in [0.25, 0.3) is 0 Å². The van der Waals surface area contributed by atoms with Crippen molar-refractivity contribution in [2.45, 2.75) is 165 Å². The van der Waals surface area contributed by atoms with Gasteiger partial charge in [0.1, 0.15) is 60.8 Å². The van der Waals surface area contributed by atoms with E-state index in [0.717, 1.165) is 6.92 Å². The average Bonchev–Trinajstić information content (AvgIpc) is 3.86. The molecular weight excluding hydrogens is 917 g/mol. The predicted molar refractivity (Wildman–Crippen MR) is 235 cm³/mol. The second-order valence-corrected chi connectivity index (χ2v) is 17.5. The first-order valence-corrected chi connectivity index (χ1v) is 22.6. The number of amides is 11. The number of nitrogens with one attached hydrogen (secondary N) is 7. The number of aliphatic carboxylic acids is 1. The Morgan fingerprint density at radius 3 is 1.61 bits per heavy atom. The Bertz CT molecular complexity index is 1950. The Labute approximate surface area is 396 Å². The first-order valence-electron chi connectivity index (χ1n) is 22.6. The van der Waals surface area contributed by atoms with E-state index in [1.54, 1.807) is 0 Å². The maximum absolute atomic E-state index is 14.2. The number of carboxylic acid groups (broad SMARTS) is 1. The molecule has 0 saturated carbocycles. The second kappa shape index (κ2) is 26.3. The van der Waals surface area contributed by atoms with Crippen LogP contribution in [0, 0.1) is 5.92 Å². The number of unbranched alkanes of at least 4 members (excludes halogenated alkanes) is 1. The third-order valence-corrected chi connectivity index (χ3v) is 11.8. The highest BCUT2D eigenvalue weighted by molar-refractivity contribution is 6.00. The summed E-state index contributed by atoms with van der Waals surface area (Å²) in [6, 6.07) is -13.2. The van der Waals surface area contributed by atoms with E-state index < -0.39 is 182 Å². The lowest BCUT2D eigenvalue weighted by atomic mass is 10.0. The van der Waals surface area contributed by atoms with Crippen LogP contribution < -0.4 is 54.4 Å². The molecule has 0 aromatic carbocycles. The molecule has 0 radical (unpaired) electrons. The molecule has 3 fully saturated rings. The molecule has 2 unspecified atom stereocenters. The molecule has 0 spiro atoms. The number of nitrogens with zero attached hydrogens (tertiary/aromatic N) is 2. The minimum Gasteiger partial charge on any atom is -0.481 e. The van der Waals surface area contributed by atoms with Crippen LogP contribution in [0.4, 0.5) is 0 Å². The predicted octanol–water partition coefficient (Wildman–Crippen LogP) is -7.18. The average molecular weight is 983 g/mol. The van der Waals surface area contributed by atoms with Crippen molar-refractivity contribution >= 4 is 70.9 Å². The zero-order valence-electron chi connectivity index (χ0n) is 38.6. The highest BCUT2D eigenvalue weighted by atomic mass is 16.4. The van der Waals surface area contributed by atoms with E-state index in [4.69, 9.17) is 17.2 Å². The molecule has 11 amide bonds. The van der Waals surface area contributed by atoms with Crippen molar-refractivity contribution in [3.8, 4) is 0 Å². The van der Waals surface area contributed by atoms with E-state index in [-0.39, 0.29) is 45.1 Å². The van der Waals surface area contributed by atoms with Gasteiger partial charge in [0, 0.05) is 12.8 Å². The summed E-state index contributed by atoms with van der Waals surface area (Å²) in [6.45, 7) is 3.41. The molecule has 11 atom stereocenters. The summed E-state index contributed by atoms with van der Waals surface area (Å²) in [5, 5.41) is 58.7. The number of aliphatic hydroxyl groups excluding tert-OH is 3. The van der Waals surface area contributed by atoms with Crippen molar-refractivity contribution in [2.75, 3.05) is 13.1 Å². The van der Waals surface area contributed by atoms with Crippen LogP contribution >= 0.6 is 0 Å². The summed E-state index contributed by atoms with van der Waals surface area (Å²) in [4.78, 5) is 162. The number of carboxylic acids is 1. The van der Waals surface area contributed by atoms with Gasteiger partial charge in [0.25, 0.3) is 5.91 Å². The van der Waals surface area contributed by atoms with Gasteiger partial charge in [-0.25, -0.2) is 0 Å². The van der Waals surface area contributed by atoms with Gasteiger partial charge in [-0.05, 0) is 77.2 Å². The molecule has 0 aliphatic carbocycles. The lowest BCUT2D eigenvalue weighted by Crippen LogP contribution is -2.63. The van der Waals surface area contributed by atoms with Gasteiger partial charge in [0.2, 0.25) is 59.1 Å². The molecule has 69 heavy (non-hydrogen) atoms. The number of hydrogen-bond acceptors (Lipinski definition) is 16. The maximum atomic E-state index is 14.2. The van der Waals surface area contributed by atoms with Crippen molar-refractivity contribution in [1.29, 1.82) is 0 Å². The van der Waals surface area contributed by atoms with Gasteiger partial charge in [-0.3, -0.25) is 57.5 Å². The summed E-state index contributed by atoms with van der Waals surface area (Å²) < 4.78 is 0. The third-order valence-electron chi connectivity index (χ3n) is 11.8. The largest absolute Gasteiger partial charge is 0.481 e. The molecule has 0 bridgehead atoms. The summed E-state index contributed by atoms with van der Waals surface area (Å²) in [6.07, 6.45) is -8.48. The van der Waals surface area contributed by atoms with Crippen LogP contribution in [0.2, 0.25) is 0 Å². The Balaban J connectivity index is 2.15. The number of nitrogens with two attached hydrogens (primary N) is 3. The molecule has 3 aliphatic rings. The van der Waals surface area contributed by atoms with Crippen molar-refractivity contribution in [3.05, 3.63) is 0 Å². The normalized spacial score (nSPS) is 29.0. The van der Waals surface area contributed by atoms with E-state index in [0.29, 0.717) is 16.2 Å². The zero-order valence-corrected chi connectivity index (χ0v) is 38.6. The number of carbonyl (C=O) groups excluding carboxylic acids is 11. The Kier molecular flexibility index (Phi) is 21.6. The van der Waals surface area contributed by atoms with Crippen molar-refractivity contribution in [2.24, 2.45) is 23.1 Å². The van der Waals surface area contributed by atoms with Gasteiger partial charge < -0.3 is 84.6 Å². The maximum Gasteiger partial charge on any atom is 0.303 e. The standard InChI is InChI=1S/C41H66N12O16/c1-18(2)32-39(67)49-23(16-27(44)56)40(68)52-24(9-12-29(52)58)37(65)45-17-28(57)46-21(7-11-26(43)55)34(62)48-22(8-14-31(60)61)35(63)47-20(6-4-5-15-42)36(64)51-33(19(3)54)41(69)53-25(38(66)50-32)10-13-30(53)59/h18-25,29-30,32-33,54,58-59H,4-17,42H2,1-3H3,(H2,43,55)(H2,44,56)(H,45,65)(H,46,57)(H,47,63)(H,48,62)(H,49,67)(H,50,66)(H,51,64)(H,60,61)/t19-,20+,21-,22+,23-,24+,25+,29?,30?,32+,33+/m1/s1. The van der Waals surface area contributed by atoms with Crippen LogP contribution in [-0.2, 0) is 57.5 Å². The first kappa shape index (κ1) is 56.8. The quantitative estimate of drug-likeness (QED) is 0.0719. The van der Waals surface area contributed by atoms with Crippen LogP contribution in [0.3, 0.4) is 0 Å². The van der Waals surface area contributed by atoms with Crippen molar-refractivity contribution in [3.63, 3.8) is 0 Å². The molecule has 0 aromatic heterocycles. The van der Waals surface area contributed by atoms with Gasteiger partial charge in [0.05, 0.1) is 19.1 Å². The summed E-state index contributed by atoms with van der Waals surface area (Å²) in [5.74, 6) is -13.9. The topological polar surface area (TPSA) is 455 Å².